The van der Waals surface area contributed by atoms with Gasteiger partial charge in [0.25, 0.3) is 0 Å². The van der Waals surface area contributed by atoms with Crippen LogP contribution in [0.3, 0.4) is 0 Å². The summed E-state index contributed by atoms with van der Waals surface area (Å²) in [6, 6.07) is 2.03. The summed E-state index contributed by atoms with van der Waals surface area (Å²) in [6.45, 7) is 4.50. The summed E-state index contributed by atoms with van der Waals surface area (Å²) in [5.41, 5.74) is 1.28. The van der Waals surface area contributed by atoms with E-state index in [1.54, 1.807) is 6.26 Å². The Morgan fingerprint density at radius 2 is 2.46 bits per heavy atom. The normalized spacial score (nSPS) is 17.3. The van der Waals surface area contributed by atoms with Crippen LogP contribution in [0.1, 0.15) is 11.3 Å². The van der Waals surface area contributed by atoms with E-state index in [-0.39, 0.29) is 0 Å². The highest BCUT2D eigenvalue weighted by Crippen LogP contribution is 2.20. The van der Waals surface area contributed by atoms with E-state index < -0.39 is 0 Å². The van der Waals surface area contributed by atoms with Crippen molar-refractivity contribution in [3.05, 3.63) is 23.7 Å². The molecule has 0 radical (unpaired) electrons. The number of rotatable bonds is 4. The van der Waals surface area contributed by atoms with Crippen molar-refractivity contribution < 1.29 is 4.42 Å². The summed E-state index contributed by atoms with van der Waals surface area (Å²) in [6.07, 6.45) is 1.77. The molecular formula is C10H15NOS. The van der Waals surface area contributed by atoms with Crippen molar-refractivity contribution in [2.45, 2.75) is 12.7 Å². The zero-order valence-corrected chi connectivity index (χ0v) is 8.69. The summed E-state index contributed by atoms with van der Waals surface area (Å²) in [5.74, 6) is 4.31. The Morgan fingerprint density at radius 1 is 1.62 bits per heavy atom. The second-order valence-corrected chi connectivity index (χ2v) is 4.60. The number of nitrogens with one attached hydrogen (secondary N) is 1. The van der Waals surface area contributed by atoms with Gasteiger partial charge in [0, 0.05) is 0 Å². The lowest BCUT2D eigenvalue weighted by molar-refractivity contribution is 0.385. The molecule has 0 atom stereocenters. The van der Waals surface area contributed by atoms with Crippen LogP contribution in [0, 0.1) is 12.8 Å². The van der Waals surface area contributed by atoms with Crippen molar-refractivity contribution in [2.75, 3.05) is 18.8 Å². The Balaban J connectivity index is 1.70. The van der Waals surface area contributed by atoms with E-state index in [0.29, 0.717) is 0 Å². The van der Waals surface area contributed by atoms with E-state index in [9.17, 15) is 0 Å². The van der Waals surface area contributed by atoms with Crippen molar-refractivity contribution in [3.63, 3.8) is 0 Å². The molecular weight excluding hydrogens is 182 g/mol. The van der Waals surface area contributed by atoms with Crippen molar-refractivity contribution in [1.82, 2.24) is 5.32 Å². The van der Waals surface area contributed by atoms with Crippen LogP contribution in [0.25, 0.3) is 0 Å². The van der Waals surface area contributed by atoms with Crippen LogP contribution in [0.2, 0.25) is 0 Å². The van der Waals surface area contributed by atoms with Crippen LogP contribution in [-0.4, -0.2) is 18.8 Å². The van der Waals surface area contributed by atoms with E-state index in [1.165, 1.54) is 24.4 Å². The third-order valence-corrected chi connectivity index (χ3v) is 3.59. The van der Waals surface area contributed by atoms with Crippen LogP contribution in [-0.2, 0) is 5.75 Å². The first-order valence-corrected chi connectivity index (χ1v) is 5.83. The standard InChI is InChI=1S/C10H15NOS/c1-8-2-3-12-10(8)7-13-6-9-4-11-5-9/h2-3,9,11H,4-7H2,1H3. The van der Waals surface area contributed by atoms with Gasteiger partial charge in [-0.15, -0.1) is 0 Å². The molecule has 0 aromatic carbocycles. The maximum absolute atomic E-state index is 5.36. The molecule has 2 heterocycles. The molecule has 3 heteroatoms. The number of hydrogen-bond acceptors (Lipinski definition) is 3. The lowest BCUT2D eigenvalue weighted by Gasteiger charge is -2.26. The molecule has 1 aliphatic heterocycles. The number of hydrogen-bond donors (Lipinski definition) is 1. The molecule has 0 bridgehead atoms. The predicted molar refractivity (Wildman–Crippen MR) is 56.0 cm³/mol. The molecule has 1 aromatic heterocycles. The molecule has 1 saturated heterocycles. The van der Waals surface area contributed by atoms with Crippen LogP contribution >= 0.6 is 11.8 Å². The van der Waals surface area contributed by atoms with Gasteiger partial charge in [-0.3, -0.25) is 0 Å². The Morgan fingerprint density at radius 3 is 3.00 bits per heavy atom. The molecule has 2 nitrogen and oxygen atoms in total. The fraction of sp³-hybridized carbons (Fsp3) is 0.600. The van der Waals surface area contributed by atoms with E-state index >= 15 is 0 Å². The lowest BCUT2D eigenvalue weighted by Crippen LogP contribution is -2.43. The quantitative estimate of drug-likeness (QED) is 0.799. The number of thioether (sulfide) groups is 1. The van der Waals surface area contributed by atoms with Crippen LogP contribution < -0.4 is 5.32 Å². The number of furan rings is 1. The molecule has 0 unspecified atom stereocenters. The predicted octanol–water partition coefficient (Wildman–Crippen LogP) is 2.04. The summed E-state index contributed by atoms with van der Waals surface area (Å²) < 4.78 is 5.36. The van der Waals surface area contributed by atoms with Crippen molar-refractivity contribution in [3.8, 4) is 0 Å². The van der Waals surface area contributed by atoms with E-state index in [1.807, 2.05) is 17.8 Å². The fourth-order valence-corrected chi connectivity index (χ4v) is 2.50. The molecule has 0 aliphatic carbocycles. The monoisotopic (exact) mass is 197 g/mol. The van der Waals surface area contributed by atoms with Gasteiger partial charge in [0.15, 0.2) is 0 Å². The molecule has 1 aromatic rings. The highest BCUT2D eigenvalue weighted by molar-refractivity contribution is 7.98. The Hall–Kier alpha value is -0.410. The van der Waals surface area contributed by atoms with Gasteiger partial charge in [0.05, 0.1) is 12.0 Å². The largest absolute Gasteiger partial charge is 0.468 e. The second kappa shape index (κ2) is 4.20. The molecule has 1 N–H and O–H groups in total. The summed E-state index contributed by atoms with van der Waals surface area (Å²) in [7, 11) is 0. The topological polar surface area (TPSA) is 25.2 Å². The first kappa shape index (κ1) is 9.16. The average Bonchev–Trinajstić information content (AvgIpc) is 2.42. The fourth-order valence-electron chi connectivity index (χ4n) is 1.34. The van der Waals surface area contributed by atoms with E-state index in [2.05, 4.69) is 12.2 Å². The van der Waals surface area contributed by atoms with Gasteiger partial charge >= 0.3 is 0 Å². The van der Waals surface area contributed by atoms with E-state index in [4.69, 9.17) is 4.42 Å². The minimum atomic E-state index is 0.889. The van der Waals surface area contributed by atoms with Crippen molar-refractivity contribution in [1.29, 1.82) is 0 Å². The minimum absolute atomic E-state index is 0.889. The maximum Gasteiger partial charge on any atom is 0.116 e. The summed E-state index contributed by atoms with van der Waals surface area (Å²) in [5, 5.41) is 3.28. The zero-order chi connectivity index (χ0) is 9.10. The third-order valence-electron chi connectivity index (χ3n) is 2.42. The zero-order valence-electron chi connectivity index (χ0n) is 7.88. The third kappa shape index (κ3) is 2.29. The molecule has 2 rings (SSSR count). The smallest absolute Gasteiger partial charge is 0.116 e. The van der Waals surface area contributed by atoms with Crippen molar-refractivity contribution in [2.24, 2.45) is 5.92 Å². The molecule has 0 saturated carbocycles. The Labute approximate surface area is 83.1 Å². The SMILES string of the molecule is Cc1ccoc1CSCC1CNC1. The molecule has 1 aliphatic rings. The molecule has 72 valence electrons. The molecule has 1 fully saturated rings. The van der Waals surface area contributed by atoms with Gasteiger partial charge in [-0.05, 0) is 43.3 Å². The van der Waals surface area contributed by atoms with E-state index in [0.717, 1.165) is 17.4 Å². The average molecular weight is 197 g/mol. The van der Waals surface area contributed by atoms with Gasteiger partial charge in [-0.1, -0.05) is 0 Å². The second-order valence-electron chi connectivity index (χ2n) is 3.57. The van der Waals surface area contributed by atoms with Gasteiger partial charge < -0.3 is 9.73 Å². The lowest BCUT2D eigenvalue weighted by atomic mass is 10.1. The maximum atomic E-state index is 5.36. The van der Waals surface area contributed by atoms with Gasteiger partial charge in [0.1, 0.15) is 5.76 Å². The van der Waals surface area contributed by atoms with Crippen LogP contribution in [0.5, 0.6) is 0 Å². The van der Waals surface area contributed by atoms with Crippen LogP contribution in [0.4, 0.5) is 0 Å². The highest BCUT2D eigenvalue weighted by Gasteiger charge is 2.16. The van der Waals surface area contributed by atoms with Crippen molar-refractivity contribution >= 4 is 11.8 Å². The molecule has 13 heavy (non-hydrogen) atoms. The van der Waals surface area contributed by atoms with Gasteiger partial charge in [0.2, 0.25) is 0 Å². The number of aryl methyl sites for hydroxylation is 1. The Bertz CT molecular complexity index is 268. The summed E-state index contributed by atoms with van der Waals surface area (Å²) >= 11 is 1.98. The highest BCUT2D eigenvalue weighted by atomic mass is 32.2. The van der Waals surface area contributed by atoms with Gasteiger partial charge in [-0.2, -0.15) is 11.8 Å². The minimum Gasteiger partial charge on any atom is -0.468 e. The first-order chi connectivity index (χ1) is 6.36. The molecule has 0 spiro atoms. The Kier molecular flexibility index (Phi) is 2.96. The summed E-state index contributed by atoms with van der Waals surface area (Å²) in [4.78, 5) is 0. The van der Waals surface area contributed by atoms with Crippen LogP contribution in [0.15, 0.2) is 16.7 Å². The van der Waals surface area contributed by atoms with Gasteiger partial charge in [-0.25, -0.2) is 0 Å². The first-order valence-electron chi connectivity index (χ1n) is 4.67. The molecule has 0 amide bonds.